The van der Waals surface area contributed by atoms with Crippen molar-refractivity contribution in [1.82, 2.24) is 0 Å². The van der Waals surface area contributed by atoms with Gasteiger partial charge >= 0.3 is 0 Å². The minimum Gasteiger partial charge on any atom is -0.160 e. The van der Waals surface area contributed by atoms with E-state index in [-0.39, 0.29) is 0 Å². The van der Waals surface area contributed by atoms with E-state index < -0.39 is 0 Å². The standard InChI is InChI=1S/C13H22S/c1-12(2)8-14-9-13(3,4)11-7-5-6-10(11)12/h5-9H2,1-4H3. The first-order chi connectivity index (χ1) is 6.43. The lowest BCUT2D eigenvalue weighted by Crippen LogP contribution is -2.19. The average Bonchev–Trinajstić information content (AvgIpc) is 2.48. The Morgan fingerprint density at radius 2 is 1.29 bits per heavy atom. The van der Waals surface area contributed by atoms with Crippen LogP contribution in [-0.4, -0.2) is 11.5 Å². The number of allylic oxidation sites excluding steroid dienone is 2. The molecular weight excluding hydrogens is 188 g/mol. The Morgan fingerprint density at radius 1 is 0.857 bits per heavy atom. The van der Waals surface area contributed by atoms with E-state index >= 15 is 0 Å². The molecule has 1 aliphatic heterocycles. The maximum absolute atomic E-state index is 2.43. The SMILES string of the molecule is CC1(C)CSCC(C)(C)C2=C1CCC2. The van der Waals surface area contributed by atoms with E-state index in [0.717, 1.165) is 0 Å². The van der Waals surface area contributed by atoms with Gasteiger partial charge in [-0.25, -0.2) is 0 Å². The van der Waals surface area contributed by atoms with E-state index in [1.165, 1.54) is 30.8 Å². The molecule has 0 fully saturated rings. The molecule has 0 nitrogen and oxygen atoms in total. The fourth-order valence-corrected chi connectivity index (χ4v) is 4.44. The predicted molar refractivity (Wildman–Crippen MR) is 65.8 cm³/mol. The van der Waals surface area contributed by atoms with E-state index in [1.807, 2.05) is 0 Å². The molecule has 1 aliphatic carbocycles. The van der Waals surface area contributed by atoms with Crippen LogP contribution in [0.2, 0.25) is 0 Å². The molecule has 0 saturated heterocycles. The van der Waals surface area contributed by atoms with E-state index in [4.69, 9.17) is 0 Å². The Labute approximate surface area is 92.5 Å². The minimum atomic E-state index is 0.463. The maximum Gasteiger partial charge on any atom is 0.00217 e. The van der Waals surface area contributed by atoms with Crippen LogP contribution in [-0.2, 0) is 0 Å². The molecule has 0 saturated carbocycles. The molecular formula is C13H22S. The van der Waals surface area contributed by atoms with Crippen LogP contribution in [0.3, 0.4) is 0 Å². The van der Waals surface area contributed by atoms with Crippen molar-refractivity contribution < 1.29 is 0 Å². The first-order valence-corrected chi connectivity index (χ1v) is 6.90. The molecule has 80 valence electrons. The van der Waals surface area contributed by atoms with Gasteiger partial charge in [0.25, 0.3) is 0 Å². The van der Waals surface area contributed by atoms with E-state index in [2.05, 4.69) is 39.5 Å². The van der Waals surface area contributed by atoms with Crippen LogP contribution in [0.1, 0.15) is 47.0 Å². The van der Waals surface area contributed by atoms with Crippen molar-refractivity contribution in [3.63, 3.8) is 0 Å². The summed E-state index contributed by atoms with van der Waals surface area (Å²) in [4.78, 5) is 0. The van der Waals surface area contributed by atoms with E-state index in [0.29, 0.717) is 10.8 Å². The van der Waals surface area contributed by atoms with Crippen molar-refractivity contribution in [3.8, 4) is 0 Å². The average molecular weight is 210 g/mol. The second-order valence-corrected chi connectivity index (χ2v) is 7.06. The molecule has 0 aromatic carbocycles. The monoisotopic (exact) mass is 210 g/mol. The van der Waals surface area contributed by atoms with Crippen molar-refractivity contribution in [2.24, 2.45) is 10.8 Å². The molecule has 0 atom stereocenters. The third-order valence-corrected chi connectivity index (χ3v) is 5.63. The Balaban J connectivity index is 2.44. The van der Waals surface area contributed by atoms with Gasteiger partial charge in [-0.1, -0.05) is 38.8 Å². The van der Waals surface area contributed by atoms with Crippen LogP contribution in [0.15, 0.2) is 11.1 Å². The zero-order chi connectivity index (χ0) is 10.4. The Morgan fingerprint density at radius 3 is 1.71 bits per heavy atom. The summed E-state index contributed by atoms with van der Waals surface area (Å²) in [6.45, 7) is 9.73. The van der Waals surface area contributed by atoms with Crippen LogP contribution in [0.25, 0.3) is 0 Å². The summed E-state index contributed by atoms with van der Waals surface area (Å²) >= 11 is 2.14. The van der Waals surface area contributed by atoms with Crippen molar-refractivity contribution in [1.29, 1.82) is 0 Å². The summed E-state index contributed by atoms with van der Waals surface area (Å²) < 4.78 is 0. The Hall–Kier alpha value is 0.0900. The minimum absolute atomic E-state index is 0.463. The summed E-state index contributed by atoms with van der Waals surface area (Å²) in [5, 5.41) is 0. The lowest BCUT2D eigenvalue weighted by atomic mass is 9.76. The van der Waals surface area contributed by atoms with Gasteiger partial charge in [0.1, 0.15) is 0 Å². The molecule has 0 bridgehead atoms. The van der Waals surface area contributed by atoms with Gasteiger partial charge in [0, 0.05) is 11.5 Å². The molecule has 0 amide bonds. The van der Waals surface area contributed by atoms with Crippen LogP contribution in [0.5, 0.6) is 0 Å². The van der Waals surface area contributed by atoms with E-state index in [1.54, 1.807) is 11.1 Å². The van der Waals surface area contributed by atoms with Gasteiger partial charge in [-0.15, -0.1) is 0 Å². The highest BCUT2D eigenvalue weighted by Gasteiger charge is 2.38. The van der Waals surface area contributed by atoms with E-state index in [9.17, 15) is 0 Å². The van der Waals surface area contributed by atoms with Crippen LogP contribution in [0, 0.1) is 10.8 Å². The van der Waals surface area contributed by atoms with Gasteiger partial charge in [-0.2, -0.15) is 11.8 Å². The fraction of sp³-hybridized carbons (Fsp3) is 0.846. The van der Waals surface area contributed by atoms with Gasteiger partial charge in [0.05, 0.1) is 0 Å². The third-order valence-electron chi connectivity index (χ3n) is 3.78. The van der Waals surface area contributed by atoms with Gasteiger partial charge in [0.15, 0.2) is 0 Å². The van der Waals surface area contributed by atoms with Crippen molar-refractivity contribution in [2.45, 2.75) is 47.0 Å². The van der Waals surface area contributed by atoms with Crippen molar-refractivity contribution >= 4 is 11.8 Å². The molecule has 2 rings (SSSR count). The molecule has 1 heteroatoms. The molecule has 2 aliphatic rings. The van der Waals surface area contributed by atoms with Crippen LogP contribution in [0.4, 0.5) is 0 Å². The first kappa shape index (κ1) is 10.6. The van der Waals surface area contributed by atoms with Crippen molar-refractivity contribution in [3.05, 3.63) is 11.1 Å². The molecule has 1 heterocycles. The molecule has 0 radical (unpaired) electrons. The third kappa shape index (κ3) is 1.64. The highest BCUT2D eigenvalue weighted by molar-refractivity contribution is 7.99. The lowest BCUT2D eigenvalue weighted by Gasteiger charge is -2.28. The molecule has 0 aromatic heterocycles. The zero-order valence-electron chi connectivity index (χ0n) is 9.94. The predicted octanol–water partition coefficient (Wildman–Crippen LogP) is 4.27. The second kappa shape index (κ2) is 3.30. The quantitative estimate of drug-likeness (QED) is 0.538. The molecule has 0 unspecified atom stereocenters. The van der Waals surface area contributed by atoms with Gasteiger partial charge in [-0.3, -0.25) is 0 Å². The number of hydrogen-bond acceptors (Lipinski definition) is 1. The summed E-state index contributed by atoms with van der Waals surface area (Å²) in [6.07, 6.45) is 4.14. The smallest absolute Gasteiger partial charge is 0.00217 e. The van der Waals surface area contributed by atoms with Gasteiger partial charge in [-0.05, 0) is 30.1 Å². The topological polar surface area (TPSA) is 0 Å². The number of thioether (sulfide) groups is 1. The number of hydrogen-bond donors (Lipinski definition) is 0. The highest BCUT2D eigenvalue weighted by atomic mass is 32.2. The lowest BCUT2D eigenvalue weighted by molar-refractivity contribution is 0.471. The fourth-order valence-electron chi connectivity index (χ4n) is 2.97. The summed E-state index contributed by atoms with van der Waals surface area (Å²) in [6, 6.07) is 0. The largest absolute Gasteiger partial charge is 0.160 e. The summed E-state index contributed by atoms with van der Waals surface area (Å²) in [7, 11) is 0. The summed E-state index contributed by atoms with van der Waals surface area (Å²) in [5.41, 5.74) is 4.52. The second-order valence-electron chi connectivity index (χ2n) is 6.07. The van der Waals surface area contributed by atoms with Crippen LogP contribution >= 0.6 is 11.8 Å². The Kier molecular flexibility index (Phi) is 2.50. The maximum atomic E-state index is 2.43. The molecule has 0 aromatic rings. The summed E-state index contributed by atoms with van der Waals surface area (Å²) in [5.74, 6) is 2.63. The number of rotatable bonds is 0. The van der Waals surface area contributed by atoms with Crippen LogP contribution < -0.4 is 0 Å². The molecule has 0 N–H and O–H groups in total. The van der Waals surface area contributed by atoms with Gasteiger partial charge < -0.3 is 0 Å². The van der Waals surface area contributed by atoms with Gasteiger partial charge in [0.2, 0.25) is 0 Å². The highest BCUT2D eigenvalue weighted by Crippen LogP contribution is 2.51. The zero-order valence-corrected chi connectivity index (χ0v) is 10.8. The molecule has 14 heavy (non-hydrogen) atoms. The van der Waals surface area contributed by atoms with Crippen molar-refractivity contribution in [2.75, 3.05) is 11.5 Å². The first-order valence-electron chi connectivity index (χ1n) is 5.74. The molecule has 0 spiro atoms. The normalized spacial score (nSPS) is 30.0. The Bertz CT molecular complexity index is 245.